The highest BCUT2D eigenvalue weighted by atomic mass is 19.3. The number of nitriles is 1. The van der Waals surface area contributed by atoms with Crippen LogP contribution in [0.15, 0.2) is 41.0 Å². The largest absolute Gasteiger partial charge is 0.463 e. The number of nitrogens with two attached hydrogens (primary N) is 1. The molecule has 6 nitrogen and oxygen atoms in total. The normalized spacial score (nSPS) is 17.0. The van der Waals surface area contributed by atoms with Gasteiger partial charge in [-0.2, -0.15) is 14.0 Å². The van der Waals surface area contributed by atoms with Crippen molar-refractivity contribution in [3.8, 4) is 11.8 Å². The average Bonchev–Trinajstić information content (AvgIpc) is 2.54. The van der Waals surface area contributed by atoms with Gasteiger partial charge >= 0.3 is 12.6 Å². The number of carbonyl (C=O) groups excluding carboxylic acids is 1. The van der Waals surface area contributed by atoms with Crippen molar-refractivity contribution in [2.24, 2.45) is 5.73 Å². The van der Waals surface area contributed by atoms with E-state index < -0.39 is 30.1 Å². The third-order valence-electron chi connectivity index (χ3n) is 3.60. The van der Waals surface area contributed by atoms with E-state index in [-0.39, 0.29) is 35.0 Å². The Morgan fingerprint density at radius 1 is 1.46 bits per heavy atom. The van der Waals surface area contributed by atoms with Crippen LogP contribution in [0.2, 0.25) is 0 Å². The summed E-state index contributed by atoms with van der Waals surface area (Å²) < 4.78 is 53.5. The smallest absolute Gasteiger partial charge is 0.387 e. The molecule has 0 fully saturated rings. The van der Waals surface area contributed by atoms with Crippen molar-refractivity contribution in [3.05, 3.63) is 52.4 Å². The van der Waals surface area contributed by atoms with E-state index in [0.717, 1.165) is 18.2 Å². The van der Waals surface area contributed by atoms with Gasteiger partial charge in [-0.3, -0.25) is 0 Å². The standard InChI is InChI=1S/C17H15F3N2O4/c1-3-24-16(23)13-8(2)25-15(22)11(7-21)14(13)10-5-4-9(18)6-12(10)26-17(19)20/h4-6,14,17H,3,22H2,1-2H3. The molecule has 2 N–H and O–H groups in total. The molecular formula is C17H15F3N2O4. The van der Waals surface area contributed by atoms with Crippen molar-refractivity contribution in [3.63, 3.8) is 0 Å². The molecule has 1 heterocycles. The fourth-order valence-electron chi connectivity index (χ4n) is 2.61. The molecule has 1 aliphatic heterocycles. The summed E-state index contributed by atoms with van der Waals surface area (Å²) in [6.45, 7) is -0.214. The van der Waals surface area contributed by atoms with Crippen molar-refractivity contribution in [2.75, 3.05) is 6.61 Å². The first-order valence-electron chi connectivity index (χ1n) is 7.49. The lowest BCUT2D eigenvalue weighted by Crippen LogP contribution is -2.26. The maximum absolute atomic E-state index is 13.5. The van der Waals surface area contributed by atoms with Crippen LogP contribution in [-0.4, -0.2) is 19.2 Å². The van der Waals surface area contributed by atoms with Crippen molar-refractivity contribution >= 4 is 5.97 Å². The van der Waals surface area contributed by atoms with E-state index in [1.165, 1.54) is 6.92 Å². The zero-order chi connectivity index (χ0) is 19.4. The molecule has 0 amide bonds. The first kappa shape index (κ1) is 19.2. The van der Waals surface area contributed by atoms with Crippen LogP contribution in [0.3, 0.4) is 0 Å². The summed E-state index contributed by atoms with van der Waals surface area (Å²) in [4.78, 5) is 12.4. The lowest BCUT2D eigenvalue weighted by Gasteiger charge is -2.27. The third kappa shape index (κ3) is 3.74. The predicted octanol–water partition coefficient (Wildman–Crippen LogP) is 3.07. The monoisotopic (exact) mass is 368 g/mol. The minimum atomic E-state index is -3.24. The quantitative estimate of drug-likeness (QED) is 0.803. The number of allylic oxidation sites excluding steroid dienone is 2. The summed E-state index contributed by atoms with van der Waals surface area (Å²) in [5.41, 5.74) is 5.35. The van der Waals surface area contributed by atoms with Crippen LogP contribution >= 0.6 is 0 Å². The Labute approximate surface area is 147 Å². The summed E-state index contributed by atoms with van der Waals surface area (Å²) in [5, 5.41) is 9.43. The second-order valence-electron chi connectivity index (χ2n) is 5.18. The van der Waals surface area contributed by atoms with Gasteiger partial charge < -0.3 is 19.9 Å². The van der Waals surface area contributed by atoms with Crippen LogP contribution in [0, 0.1) is 17.1 Å². The van der Waals surface area contributed by atoms with Crippen LogP contribution in [0.4, 0.5) is 13.2 Å². The summed E-state index contributed by atoms with van der Waals surface area (Å²) in [5.74, 6) is -3.63. The molecule has 0 radical (unpaired) electrons. The number of halogens is 3. The van der Waals surface area contributed by atoms with Crippen LogP contribution in [0.5, 0.6) is 5.75 Å². The Bertz CT molecular complexity index is 828. The number of carbonyl (C=O) groups is 1. The summed E-state index contributed by atoms with van der Waals surface area (Å²) in [7, 11) is 0. The van der Waals surface area contributed by atoms with Gasteiger partial charge in [-0.15, -0.1) is 0 Å². The minimum absolute atomic E-state index is 0.0349. The molecule has 0 aliphatic carbocycles. The van der Waals surface area contributed by atoms with Crippen molar-refractivity contribution in [1.82, 2.24) is 0 Å². The molecule has 1 aromatic rings. The van der Waals surface area contributed by atoms with Gasteiger partial charge in [0, 0.05) is 11.6 Å². The molecule has 1 aliphatic rings. The number of hydrogen-bond donors (Lipinski definition) is 1. The first-order valence-corrected chi connectivity index (χ1v) is 7.49. The topological polar surface area (TPSA) is 94.6 Å². The Morgan fingerprint density at radius 2 is 2.15 bits per heavy atom. The maximum atomic E-state index is 13.5. The van der Waals surface area contributed by atoms with Gasteiger partial charge in [-0.25, -0.2) is 9.18 Å². The lowest BCUT2D eigenvalue weighted by atomic mass is 9.82. The molecule has 0 aromatic heterocycles. The highest BCUT2D eigenvalue weighted by molar-refractivity contribution is 5.92. The third-order valence-corrected chi connectivity index (χ3v) is 3.60. The van der Waals surface area contributed by atoms with E-state index in [2.05, 4.69) is 4.74 Å². The van der Waals surface area contributed by atoms with Crippen LogP contribution < -0.4 is 10.5 Å². The van der Waals surface area contributed by atoms with Gasteiger partial charge in [0.25, 0.3) is 0 Å². The van der Waals surface area contributed by atoms with E-state index >= 15 is 0 Å². The molecule has 2 rings (SSSR count). The van der Waals surface area contributed by atoms with E-state index in [0.29, 0.717) is 0 Å². The highest BCUT2D eigenvalue weighted by Gasteiger charge is 2.38. The van der Waals surface area contributed by atoms with E-state index in [9.17, 15) is 23.2 Å². The number of esters is 1. The van der Waals surface area contributed by atoms with Crippen LogP contribution in [-0.2, 0) is 14.3 Å². The number of nitrogens with zero attached hydrogens (tertiary/aromatic N) is 1. The van der Waals surface area contributed by atoms with Crippen molar-refractivity contribution < 1.29 is 32.2 Å². The minimum Gasteiger partial charge on any atom is -0.463 e. The summed E-state index contributed by atoms with van der Waals surface area (Å²) >= 11 is 0. The van der Waals surface area contributed by atoms with Gasteiger partial charge in [-0.05, 0) is 19.9 Å². The van der Waals surface area contributed by atoms with Crippen LogP contribution in [0.25, 0.3) is 0 Å². The molecule has 1 aromatic carbocycles. The molecule has 0 bridgehead atoms. The van der Waals surface area contributed by atoms with Crippen molar-refractivity contribution in [2.45, 2.75) is 26.4 Å². The Balaban J connectivity index is 2.70. The number of ether oxygens (including phenoxy) is 3. The summed E-state index contributed by atoms with van der Waals surface area (Å²) in [6.07, 6.45) is 0. The Hall–Kier alpha value is -3.15. The number of alkyl halides is 2. The molecule has 9 heteroatoms. The van der Waals surface area contributed by atoms with E-state index in [4.69, 9.17) is 15.2 Å². The summed E-state index contributed by atoms with van der Waals surface area (Å²) in [6, 6.07) is 4.66. The molecule has 0 saturated heterocycles. The number of hydrogen-bond acceptors (Lipinski definition) is 6. The molecule has 26 heavy (non-hydrogen) atoms. The Morgan fingerprint density at radius 3 is 2.73 bits per heavy atom. The van der Waals surface area contributed by atoms with Gasteiger partial charge in [-0.1, -0.05) is 6.07 Å². The van der Waals surface area contributed by atoms with E-state index in [1.54, 1.807) is 13.0 Å². The van der Waals surface area contributed by atoms with Gasteiger partial charge in [0.2, 0.25) is 5.88 Å². The zero-order valence-corrected chi connectivity index (χ0v) is 13.9. The maximum Gasteiger partial charge on any atom is 0.387 e. The molecule has 138 valence electrons. The fourth-order valence-corrected chi connectivity index (χ4v) is 2.61. The van der Waals surface area contributed by atoms with Gasteiger partial charge in [0.05, 0.1) is 18.1 Å². The van der Waals surface area contributed by atoms with Crippen LogP contribution in [0.1, 0.15) is 25.3 Å². The Kier molecular flexibility index (Phi) is 5.77. The van der Waals surface area contributed by atoms with Gasteiger partial charge in [0.15, 0.2) is 0 Å². The van der Waals surface area contributed by atoms with E-state index in [1.807, 2.05) is 0 Å². The molecule has 0 spiro atoms. The molecular weight excluding hydrogens is 353 g/mol. The molecule has 1 unspecified atom stereocenters. The average molecular weight is 368 g/mol. The predicted molar refractivity (Wildman–Crippen MR) is 83.0 cm³/mol. The highest BCUT2D eigenvalue weighted by Crippen LogP contribution is 2.43. The SMILES string of the molecule is CCOC(=O)C1=C(C)OC(N)=C(C#N)C1c1ccc(F)cc1OC(F)F. The van der Waals surface area contributed by atoms with Crippen molar-refractivity contribution in [1.29, 1.82) is 5.26 Å². The second-order valence-corrected chi connectivity index (χ2v) is 5.18. The first-order chi connectivity index (χ1) is 12.3. The lowest BCUT2D eigenvalue weighted by molar-refractivity contribution is -0.139. The molecule has 0 saturated carbocycles. The molecule has 1 atom stereocenters. The fraction of sp³-hybridized carbons (Fsp3) is 0.294. The second kappa shape index (κ2) is 7.82. The zero-order valence-electron chi connectivity index (χ0n) is 13.9. The van der Waals surface area contributed by atoms with Gasteiger partial charge in [0.1, 0.15) is 29.0 Å². The number of benzene rings is 1. The number of rotatable bonds is 5.